The summed E-state index contributed by atoms with van der Waals surface area (Å²) in [6, 6.07) is 19.3. The Hall–Kier alpha value is -2.17. The van der Waals surface area contributed by atoms with E-state index in [4.69, 9.17) is 28.9 Å². The van der Waals surface area contributed by atoms with Crippen molar-refractivity contribution in [3.05, 3.63) is 99.6 Å². The van der Waals surface area contributed by atoms with Crippen molar-refractivity contribution in [1.82, 2.24) is 4.98 Å². The molecule has 2 aromatic carbocycles. The molecule has 0 saturated carbocycles. The van der Waals surface area contributed by atoms with Crippen LogP contribution >= 0.6 is 34.5 Å². The SMILES string of the molecule is NC(c1cccnc1)c1c(-c2ccc(Cl)cc2)csc1-c1ccc(Cl)cc1. The summed E-state index contributed by atoms with van der Waals surface area (Å²) in [6.45, 7) is 0. The van der Waals surface area contributed by atoms with E-state index in [1.165, 1.54) is 0 Å². The molecule has 134 valence electrons. The number of benzene rings is 2. The Labute approximate surface area is 172 Å². The molecule has 4 rings (SSSR count). The highest BCUT2D eigenvalue weighted by Gasteiger charge is 2.22. The Morgan fingerprint density at radius 3 is 2.07 bits per heavy atom. The van der Waals surface area contributed by atoms with E-state index in [1.807, 2.05) is 66.9 Å². The van der Waals surface area contributed by atoms with E-state index in [9.17, 15) is 0 Å². The van der Waals surface area contributed by atoms with Crippen LogP contribution in [-0.4, -0.2) is 4.98 Å². The van der Waals surface area contributed by atoms with E-state index in [2.05, 4.69) is 10.4 Å². The van der Waals surface area contributed by atoms with E-state index in [1.54, 1.807) is 17.5 Å². The molecule has 4 aromatic rings. The molecule has 1 unspecified atom stereocenters. The normalized spacial score (nSPS) is 12.1. The summed E-state index contributed by atoms with van der Waals surface area (Å²) in [7, 11) is 0. The van der Waals surface area contributed by atoms with Gasteiger partial charge in [-0.15, -0.1) is 11.3 Å². The van der Waals surface area contributed by atoms with Crippen LogP contribution in [0.15, 0.2) is 78.4 Å². The third-order valence-electron chi connectivity index (χ3n) is 4.45. The Bertz CT molecular complexity index is 979. The van der Waals surface area contributed by atoms with Crippen molar-refractivity contribution in [2.75, 3.05) is 0 Å². The first kappa shape index (κ1) is 18.2. The van der Waals surface area contributed by atoms with Crippen LogP contribution in [0.3, 0.4) is 0 Å². The smallest absolute Gasteiger partial charge is 0.0587 e. The molecule has 0 aliphatic carbocycles. The van der Waals surface area contributed by atoms with Gasteiger partial charge < -0.3 is 5.73 Å². The highest BCUT2D eigenvalue weighted by atomic mass is 35.5. The molecule has 0 bridgehead atoms. The Balaban J connectivity index is 1.89. The van der Waals surface area contributed by atoms with Crippen molar-refractivity contribution in [2.45, 2.75) is 6.04 Å². The Kier molecular flexibility index (Phi) is 5.28. The van der Waals surface area contributed by atoms with E-state index < -0.39 is 0 Å². The lowest BCUT2D eigenvalue weighted by atomic mass is 9.92. The first-order chi connectivity index (χ1) is 13.1. The minimum absolute atomic E-state index is 0.290. The largest absolute Gasteiger partial charge is 0.320 e. The minimum Gasteiger partial charge on any atom is -0.320 e. The number of halogens is 2. The first-order valence-electron chi connectivity index (χ1n) is 8.42. The van der Waals surface area contributed by atoms with Gasteiger partial charge in [0, 0.05) is 27.3 Å². The summed E-state index contributed by atoms with van der Waals surface area (Å²) in [5.74, 6) is 0. The van der Waals surface area contributed by atoms with Gasteiger partial charge in [0.1, 0.15) is 0 Å². The zero-order valence-electron chi connectivity index (χ0n) is 14.3. The average molecular weight is 411 g/mol. The third kappa shape index (κ3) is 3.78. The highest BCUT2D eigenvalue weighted by molar-refractivity contribution is 7.14. The van der Waals surface area contributed by atoms with Crippen LogP contribution in [0.5, 0.6) is 0 Å². The molecule has 0 radical (unpaired) electrons. The predicted octanol–water partition coefficient (Wildman–Crippen LogP) is 6.83. The number of nitrogens with zero attached hydrogens (tertiary/aromatic N) is 1. The molecule has 0 saturated heterocycles. The lowest BCUT2D eigenvalue weighted by molar-refractivity contribution is 0.872. The van der Waals surface area contributed by atoms with Gasteiger partial charge in [-0.2, -0.15) is 0 Å². The maximum Gasteiger partial charge on any atom is 0.0587 e. The molecule has 0 spiro atoms. The first-order valence-corrected chi connectivity index (χ1v) is 10.1. The maximum atomic E-state index is 6.71. The van der Waals surface area contributed by atoms with Crippen molar-refractivity contribution < 1.29 is 0 Å². The van der Waals surface area contributed by atoms with Gasteiger partial charge in [0.05, 0.1) is 6.04 Å². The van der Waals surface area contributed by atoms with Crippen LogP contribution in [-0.2, 0) is 0 Å². The topological polar surface area (TPSA) is 38.9 Å². The van der Waals surface area contributed by atoms with Gasteiger partial charge in [-0.3, -0.25) is 4.98 Å². The quantitative estimate of drug-likeness (QED) is 0.400. The number of nitrogens with two attached hydrogens (primary N) is 1. The van der Waals surface area contributed by atoms with Gasteiger partial charge in [0.25, 0.3) is 0 Å². The molecule has 1 atom stereocenters. The number of aromatic nitrogens is 1. The lowest BCUT2D eigenvalue weighted by Gasteiger charge is -2.16. The molecule has 2 N–H and O–H groups in total. The second kappa shape index (κ2) is 7.83. The predicted molar refractivity (Wildman–Crippen MR) is 115 cm³/mol. The molecular formula is C22H16Cl2N2S. The standard InChI is InChI=1S/C22H16Cl2N2S/c23-17-7-3-14(4-8-17)19-13-27-22(15-5-9-18(24)10-6-15)20(19)21(25)16-2-1-11-26-12-16/h1-13,21H,25H2. The van der Waals surface area contributed by atoms with Crippen LogP contribution in [0, 0.1) is 0 Å². The van der Waals surface area contributed by atoms with Crippen LogP contribution < -0.4 is 5.73 Å². The monoisotopic (exact) mass is 410 g/mol. The van der Waals surface area contributed by atoms with Crippen LogP contribution in [0.4, 0.5) is 0 Å². The van der Waals surface area contributed by atoms with E-state index >= 15 is 0 Å². The molecular weight excluding hydrogens is 395 g/mol. The molecule has 0 aliphatic heterocycles. The fourth-order valence-corrected chi connectivity index (χ4v) is 4.47. The van der Waals surface area contributed by atoms with Crippen molar-refractivity contribution in [2.24, 2.45) is 5.73 Å². The van der Waals surface area contributed by atoms with Crippen LogP contribution in [0.2, 0.25) is 10.0 Å². The lowest BCUT2D eigenvalue weighted by Crippen LogP contribution is -2.13. The number of thiophene rings is 1. The molecule has 2 heterocycles. The molecule has 0 aliphatic rings. The van der Waals surface area contributed by atoms with Gasteiger partial charge in [0.2, 0.25) is 0 Å². The summed E-state index contributed by atoms with van der Waals surface area (Å²) in [5.41, 5.74) is 12.1. The molecule has 27 heavy (non-hydrogen) atoms. The fourth-order valence-electron chi connectivity index (χ4n) is 3.08. The van der Waals surface area contributed by atoms with Crippen LogP contribution in [0.25, 0.3) is 21.6 Å². The second-order valence-corrected chi connectivity index (χ2v) is 7.92. The van der Waals surface area contributed by atoms with Gasteiger partial charge in [0.15, 0.2) is 0 Å². The summed E-state index contributed by atoms with van der Waals surface area (Å²) in [6.07, 6.45) is 3.57. The molecule has 5 heteroatoms. The number of hydrogen-bond donors (Lipinski definition) is 1. The van der Waals surface area contributed by atoms with E-state index in [0.717, 1.165) is 32.7 Å². The zero-order chi connectivity index (χ0) is 18.8. The van der Waals surface area contributed by atoms with E-state index in [-0.39, 0.29) is 6.04 Å². The molecule has 0 fully saturated rings. The summed E-state index contributed by atoms with van der Waals surface area (Å²) in [4.78, 5) is 5.36. The van der Waals surface area contributed by atoms with Crippen molar-refractivity contribution in [3.63, 3.8) is 0 Å². The van der Waals surface area contributed by atoms with E-state index in [0.29, 0.717) is 10.0 Å². The number of pyridine rings is 1. The van der Waals surface area contributed by atoms with Crippen molar-refractivity contribution in [3.8, 4) is 21.6 Å². The Morgan fingerprint density at radius 2 is 1.48 bits per heavy atom. The molecule has 0 amide bonds. The molecule has 2 aromatic heterocycles. The Morgan fingerprint density at radius 1 is 0.852 bits per heavy atom. The summed E-state index contributed by atoms with van der Waals surface area (Å²) in [5, 5.41) is 3.58. The maximum absolute atomic E-state index is 6.71. The third-order valence-corrected chi connectivity index (χ3v) is 5.99. The van der Waals surface area contributed by atoms with Gasteiger partial charge in [-0.1, -0.05) is 53.5 Å². The highest BCUT2D eigenvalue weighted by Crippen LogP contribution is 2.43. The van der Waals surface area contributed by atoms with Crippen LogP contribution in [0.1, 0.15) is 17.2 Å². The molecule has 2 nitrogen and oxygen atoms in total. The summed E-state index contributed by atoms with van der Waals surface area (Å²) >= 11 is 13.8. The number of hydrogen-bond acceptors (Lipinski definition) is 3. The number of rotatable bonds is 4. The van der Waals surface area contributed by atoms with Gasteiger partial charge >= 0.3 is 0 Å². The second-order valence-electron chi connectivity index (χ2n) is 6.17. The summed E-state index contributed by atoms with van der Waals surface area (Å²) < 4.78 is 0. The minimum atomic E-state index is -0.290. The van der Waals surface area contributed by atoms with Gasteiger partial charge in [-0.05, 0) is 63.5 Å². The average Bonchev–Trinajstić information content (AvgIpc) is 3.14. The fraction of sp³-hybridized carbons (Fsp3) is 0.0455. The van der Waals surface area contributed by atoms with Gasteiger partial charge in [-0.25, -0.2) is 0 Å². The van der Waals surface area contributed by atoms with Crippen molar-refractivity contribution in [1.29, 1.82) is 0 Å². The van der Waals surface area contributed by atoms with Crippen molar-refractivity contribution >= 4 is 34.5 Å². The zero-order valence-corrected chi connectivity index (χ0v) is 16.6.